The number of amides is 2. The van der Waals surface area contributed by atoms with Gasteiger partial charge in [-0.25, -0.2) is 4.39 Å². The Kier molecular flexibility index (Phi) is 7.33. The first-order chi connectivity index (χ1) is 16.7. The predicted molar refractivity (Wildman–Crippen MR) is 134 cm³/mol. The Morgan fingerprint density at radius 3 is 2.46 bits per heavy atom. The summed E-state index contributed by atoms with van der Waals surface area (Å²) in [6.07, 6.45) is 2.63. The summed E-state index contributed by atoms with van der Waals surface area (Å²) in [5.41, 5.74) is 0.469. The molecule has 0 saturated heterocycles. The molecule has 1 aliphatic rings. The second kappa shape index (κ2) is 10.4. The number of anilines is 1. The molecule has 0 bridgehead atoms. The summed E-state index contributed by atoms with van der Waals surface area (Å²) < 4.78 is 16.2. The van der Waals surface area contributed by atoms with Gasteiger partial charge in [0.1, 0.15) is 5.82 Å². The van der Waals surface area contributed by atoms with Crippen LogP contribution in [0.3, 0.4) is 0 Å². The van der Waals surface area contributed by atoms with Gasteiger partial charge in [0.05, 0.1) is 17.2 Å². The number of benzene rings is 2. The average Bonchev–Trinajstić information content (AvgIpc) is 3.25. The lowest BCUT2D eigenvalue weighted by atomic mass is 10.0. The first-order valence-electron chi connectivity index (χ1n) is 11.2. The van der Waals surface area contributed by atoms with E-state index in [-0.39, 0.29) is 23.1 Å². The molecule has 1 unspecified atom stereocenters. The number of hydrogen-bond donors (Lipinski definition) is 2. The lowest BCUT2D eigenvalue weighted by Crippen LogP contribution is -2.42. The lowest BCUT2D eigenvalue weighted by molar-refractivity contribution is -0.120. The maximum absolute atomic E-state index is 14.9. The summed E-state index contributed by atoms with van der Waals surface area (Å²) in [5, 5.41) is 6.31. The molecule has 35 heavy (non-hydrogen) atoms. The van der Waals surface area contributed by atoms with Gasteiger partial charge in [0, 0.05) is 35.1 Å². The molecule has 2 amide bonds. The number of nitrogens with one attached hydrogen (secondary N) is 2. The topological polar surface area (TPSA) is 83.4 Å². The molecule has 2 N–H and O–H groups in total. The van der Waals surface area contributed by atoms with Crippen LogP contribution in [0, 0.1) is 11.7 Å². The normalized spacial score (nSPS) is 19.5. The lowest BCUT2D eigenvalue weighted by Gasteiger charge is -2.21. The van der Waals surface area contributed by atoms with Crippen molar-refractivity contribution < 1.29 is 14.0 Å². The monoisotopic (exact) mass is 496 g/mol. The average molecular weight is 497 g/mol. The summed E-state index contributed by atoms with van der Waals surface area (Å²) >= 11 is 5.92. The third-order valence-corrected chi connectivity index (χ3v) is 6.58. The van der Waals surface area contributed by atoms with Crippen molar-refractivity contribution in [2.24, 2.45) is 5.92 Å². The van der Waals surface area contributed by atoms with Gasteiger partial charge in [-0.1, -0.05) is 17.7 Å². The van der Waals surface area contributed by atoms with Crippen molar-refractivity contribution in [3.8, 4) is 5.69 Å². The van der Waals surface area contributed by atoms with Gasteiger partial charge >= 0.3 is 0 Å². The van der Waals surface area contributed by atoms with Crippen molar-refractivity contribution in [2.45, 2.75) is 24.9 Å². The number of halogens is 2. The number of nitrogens with zero attached hydrogens (tertiary/aromatic N) is 2. The van der Waals surface area contributed by atoms with Gasteiger partial charge in [-0.05, 0) is 75.5 Å². The highest BCUT2D eigenvalue weighted by Crippen LogP contribution is 2.31. The van der Waals surface area contributed by atoms with E-state index in [1.54, 1.807) is 36.4 Å². The highest BCUT2D eigenvalue weighted by molar-refractivity contribution is 6.30. The van der Waals surface area contributed by atoms with E-state index in [9.17, 15) is 18.8 Å². The zero-order valence-electron chi connectivity index (χ0n) is 19.4. The molecule has 3 aromatic rings. The quantitative estimate of drug-likeness (QED) is 0.545. The molecule has 0 spiro atoms. The standard InChI is InChI=1S/C26H26ClFN4O3/c1-31(2)19-13-21(26(35)29-17-8-6-16(27)7-9-17)23(15-19)30-25(34)20-11-10-18(14-22(20)28)32-12-4-3-5-24(32)33/h3-12,14,19,21,23H,13,15H2,1-2H3,(H,29,35)(H,30,34)/t19?,21-,23-/m0/s1. The smallest absolute Gasteiger partial charge is 0.255 e. The molecule has 9 heteroatoms. The fraction of sp³-hybridized carbons (Fsp3) is 0.269. The molecule has 1 aliphatic carbocycles. The fourth-order valence-corrected chi connectivity index (χ4v) is 4.50. The molecular weight excluding hydrogens is 471 g/mol. The highest BCUT2D eigenvalue weighted by Gasteiger charge is 2.40. The molecule has 4 rings (SSSR count). The first kappa shape index (κ1) is 24.6. The van der Waals surface area contributed by atoms with E-state index in [4.69, 9.17) is 11.6 Å². The van der Waals surface area contributed by atoms with Gasteiger partial charge in [-0.2, -0.15) is 0 Å². The van der Waals surface area contributed by atoms with Crippen molar-refractivity contribution in [3.63, 3.8) is 0 Å². The van der Waals surface area contributed by atoms with Crippen LogP contribution in [0.15, 0.2) is 71.7 Å². The maximum atomic E-state index is 14.9. The Labute approximate surface area is 207 Å². The van der Waals surface area contributed by atoms with Crippen LogP contribution < -0.4 is 16.2 Å². The van der Waals surface area contributed by atoms with Gasteiger partial charge in [0.2, 0.25) is 5.91 Å². The Morgan fingerprint density at radius 2 is 1.80 bits per heavy atom. The molecule has 0 aliphatic heterocycles. The minimum Gasteiger partial charge on any atom is -0.348 e. The molecule has 3 atom stereocenters. The van der Waals surface area contributed by atoms with Crippen molar-refractivity contribution in [3.05, 3.63) is 93.6 Å². The second-order valence-corrected chi connectivity index (χ2v) is 9.28. The Bertz CT molecular complexity index is 1290. The van der Waals surface area contributed by atoms with E-state index in [0.29, 0.717) is 29.2 Å². The Morgan fingerprint density at radius 1 is 1.06 bits per heavy atom. The van der Waals surface area contributed by atoms with E-state index in [1.165, 1.54) is 29.0 Å². The van der Waals surface area contributed by atoms with Crippen LogP contribution >= 0.6 is 11.6 Å². The van der Waals surface area contributed by atoms with Crippen molar-refractivity contribution in [2.75, 3.05) is 19.4 Å². The zero-order chi connectivity index (χ0) is 25.1. The van der Waals surface area contributed by atoms with Crippen molar-refractivity contribution in [1.82, 2.24) is 14.8 Å². The van der Waals surface area contributed by atoms with E-state index >= 15 is 0 Å². The third kappa shape index (κ3) is 5.61. The van der Waals surface area contributed by atoms with Crippen LogP contribution in [0.2, 0.25) is 5.02 Å². The van der Waals surface area contributed by atoms with E-state index in [0.717, 1.165) is 6.07 Å². The van der Waals surface area contributed by atoms with Crippen LogP contribution in [-0.2, 0) is 4.79 Å². The molecule has 1 heterocycles. The highest BCUT2D eigenvalue weighted by atomic mass is 35.5. The number of pyridine rings is 1. The van der Waals surface area contributed by atoms with Crippen LogP contribution in [0.5, 0.6) is 0 Å². The number of aromatic nitrogens is 1. The molecule has 1 aromatic heterocycles. The molecule has 182 valence electrons. The summed E-state index contributed by atoms with van der Waals surface area (Å²) in [7, 11) is 3.85. The summed E-state index contributed by atoms with van der Waals surface area (Å²) in [5.74, 6) is -2.07. The molecular formula is C26H26ClFN4O3. The minimum absolute atomic E-state index is 0.0819. The van der Waals surface area contributed by atoms with Gasteiger partial charge in [0.15, 0.2) is 0 Å². The molecule has 7 nitrogen and oxygen atoms in total. The Hall–Kier alpha value is -3.49. The summed E-state index contributed by atoms with van der Waals surface area (Å²) in [6, 6.07) is 15.0. The predicted octanol–water partition coefficient (Wildman–Crippen LogP) is 3.71. The van der Waals surface area contributed by atoms with E-state index < -0.39 is 23.7 Å². The molecule has 2 aromatic carbocycles. The zero-order valence-corrected chi connectivity index (χ0v) is 20.1. The summed E-state index contributed by atoms with van der Waals surface area (Å²) in [6.45, 7) is 0. The first-order valence-corrected chi connectivity index (χ1v) is 11.6. The van der Waals surface area contributed by atoms with Crippen LogP contribution in [-0.4, -0.2) is 47.5 Å². The minimum atomic E-state index is -0.750. The third-order valence-electron chi connectivity index (χ3n) is 6.33. The Balaban J connectivity index is 1.51. The molecule has 0 radical (unpaired) electrons. The number of carbonyl (C=O) groups is 2. The van der Waals surface area contributed by atoms with Crippen LogP contribution in [0.4, 0.5) is 10.1 Å². The maximum Gasteiger partial charge on any atom is 0.255 e. The van der Waals surface area contributed by atoms with E-state index in [1.807, 2.05) is 19.0 Å². The van der Waals surface area contributed by atoms with Gasteiger partial charge in [0.25, 0.3) is 11.5 Å². The van der Waals surface area contributed by atoms with Crippen LogP contribution in [0.1, 0.15) is 23.2 Å². The SMILES string of the molecule is CN(C)C1C[C@H](NC(=O)c2ccc(-n3ccccc3=O)cc2F)[C@@H](C(=O)Nc2ccc(Cl)cc2)C1. The van der Waals surface area contributed by atoms with E-state index in [2.05, 4.69) is 10.6 Å². The van der Waals surface area contributed by atoms with Gasteiger partial charge in [-0.15, -0.1) is 0 Å². The van der Waals surface area contributed by atoms with Crippen molar-refractivity contribution >= 4 is 29.1 Å². The molecule has 1 saturated carbocycles. The van der Waals surface area contributed by atoms with Crippen molar-refractivity contribution in [1.29, 1.82) is 0 Å². The number of rotatable bonds is 6. The molecule has 1 fully saturated rings. The van der Waals surface area contributed by atoms with Gasteiger partial charge < -0.3 is 15.5 Å². The number of carbonyl (C=O) groups excluding carboxylic acids is 2. The fourth-order valence-electron chi connectivity index (χ4n) is 4.37. The second-order valence-electron chi connectivity index (χ2n) is 8.84. The van der Waals surface area contributed by atoms with Gasteiger partial charge in [-0.3, -0.25) is 19.0 Å². The number of hydrogen-bond acceptors (Lipinski definition) is 4. The van der Waals surface area contributed by atoms with Crippen LogP contribution in [0.25, 0.3) is 5.69 Å². The summed E-state index contributed by atoms with van der Waals surface area (Å²) in [4.78, 5) is 40.1. The largest absolute Gasteiger partial charge is 0.348 e.